The average molecular weight is 397 g/mol. The van der Waals surface area contributed by atoms with Crippen LogP contribution in [0.25, 0.3) is 5.78 Å². The smallest absolute Gasteiger partial charge is 0.256 e. The van der Waals surface area contributed by atoms with Gasteiger partial charge in [-0.25, -0.2) is 4.98 Å². The fourth-order valence-corrected chi connectivity index (χ4v) is 4.31. The summed E-state index contributed by atoms with van der Waals surface area (Å²) in [4.78, 5) is 19.1. The summed E-state index contributed by atoms with van der Waals surface area (Å²) in [6, 6.07) is 10.1. The molecule has 1 aliphatic heterocycles. The van der Waals surface area contributed by atoms with Crippen LogP contribution in [0.1, 0.15) is 30.7 Å². The van der Waals surface area contributed by atoms with Crippen LogP contribution < -0.4 is 10.2 Å². The number of piperidine rings is 1. The van der Waals surface area contributed by atoms with Crippen molar-refractivity contribution in [1.29, 1.82) is 0 Å². The van der Waals surface area contributed by atoms with Crippen molar-refractivity contribution < 1.29 is 4.79 Å². The number of rotatable bonds is 5. The van der Waals surface area contributed by atoms with Crippen LogP contribution >= 0.6 is 11.8 Å². The molecule has 0 saturated carbocycles. The molecule has 1 aliphatic rings. The number of hydrogen-bond donors (Lipinski definition) is 1. The lowest BCUT2D eigenvalue weighted by molar-refractivity contribution is -0.113. The Morgan fingerprint density at radius 2 is 1.86 bits per heavy atom. The number of fused-ring (bicyclic) bond motifs is 1. The Labute approximate surface area is 168 Å². The highest BCUT2D eigenvalue weighted by molar-refractivity contribution is 7.99. The van der Waals surface area contributed by atoms with Crippen molar-refractivity contribution in [2.45, 2.75) is 38.3 Å². The third-order valence-corrected chi connectivity index (χ3v) is 5.80. The maximum atomic E-state index is 12.4. The molecule has 1 amide bonds. The first-order valence-electron chi connectivity index (χ1n) is 9.57. The topological polar surface area (TPSA) is 75.4 Å². The lowest BCUT2D eigenvalue weighted by atomic mass is 10.1. The van der Waals surface area contributed by atoms with E-state index in [2.05, 4.69) is 37.5 Å². The molecule has 1 aromatic carbocycles. The van der Waals surface area contributed by atoms with Gasteiger partial charge < -0.3 is 10.2 Å². The lowest BCUT2D eigenvalue weighted by Gasteiger charge is -2.28. The molecular formula is C20H24N6OS. The van der Waals surface area contributed by atoms with Crippen LogP contribution in [-0.2, 0) is 4.79 Å². The summed E-state index contributed by atoms with van der Waals surface area (Å²) in [5.41, 5.74) is 3.94. The molecule has 4 rings (SSSR count). The van der Waals surface area contributed by atoms with E-state index in [4.69, 9.17) is 0 Å². The molecule has 1 N–H and O–H groups in total. The summed E-state index contributed by atoms with van der Waals surface area (Å²) in [5, 5.41) is 11.9. The SMILES string of the molecule is Cc1cc(C)n2c(SCC(=O)Nc3ccc(N4CCCCC4)cc3)nnc2n1. The Morgan fingerprint density at radius 3 is 2.61 bits per heavy atom. The predicted molar refractivity (Wildman–Crippen MR) is 112 cm³/mol. The van der Waals surface area contributed by atoms with Crippen molar-refractivity contribution in [3.05, 3.63) is 41.7 Å². The van der Waals surface area contributed by atoms with Crippen molar-refractivity contribution >= 4 is 34.8 Å². The van der Waals surface area contributed by atoms with Crippen LogP contribution in [0.5, 0.6) is 0 Å². The number of aryl methyl sites for hydroxylation is 2. The number of amides is 1. The Hall–Kier alpha value is -2.61. The molecule has 8 heteroatoms. The summed E-state index contributed by atoms with van der Waals surface area (Å²) >= 11 is 1.36. The second kappa shape index (κ2) is 8.18. The van der Waals surface area contributed by atoms with Crippen molar-refractivity contribution in [1.82, 2.24) is 19.6 Å². The van der Waals surface area contributed by atoms with Crippen LogP contribution in [0.2, 0.25) is 0 Å². The Bertz CT molecular complexity index is 978. The van der Waals surface area contributed by atoms with Gasteiger partial charge in [-0.1, -0.05) is 11.8 Å². The minimum Gasteiger partial charge on any atom is -0.372 e. The average Bonchev–Trinajstić information content (AvgIpc) is 3.11. The third kappa shape index (κ3) is 4.11. The summed E-state index contributed by atoms with van der Waals surface area (Å²) in [6.45, 7) is 6.14. The van der Waals surface area contributed by atoms with Crippen LogP contribution in [0, 0.1) is 13.8 Å². The van der Waals surface area contributed by atoms with Crippen LogP contribution in [0.4, 0.5) is 11.4 Å². The van der Waals surface area contributed by atoms with Gasteiger partial charge >= 0.3 is 0 Å². The number of nitrogens with one attached hydrogen (secondary N) is 1. The minimum atomic E-state index is -0.0646. The maximum Gasteiger partial charge on any atom is 0.256 e. The molecule has 0 radical (unpaired) electrons. The summed E-state index contributed by atoms with van der Waals surface area (Å²) < 4.78 is 1.87. The lowest BCUT2D eigenvalue weighted by Crippen LogP contribution is -2.29. The first-order valence-corrected chi connectivity index (χ1v) is 10.6. The zero-order valence-electron chi connectivity index (χ0n) is 16.2. The van der Waals surface area contributed by atoms with E-state index in [0.29, 0.717) is 10.9 Å². The monoisotopic (exact) mass is 396 g/mol. The Balaban J connectivity index is 1.36. The zero-order chi connectivity index (χ0) is 19.5. The highest BCUT2D eigenvalue weighted by Crippen LogP contribution is 2.23. The molecule has 1 saturated heterocycles. The van der Waals surface area contributed by atoms with Crippen LogP contribution in [0.3, 0.4) is 0 Å². The molecule has 1 fully saturated rings. The van der Waals surface area contributed by atoms with Crippen LogP contribution in [0.15, 0.2) is 35.5 Å². The maximum absolute atomic E-state index is 12.4. The summed E-state index contributed by atoms with van der Waals surface area (Å²) in [6.07, 6.45) is 3.82. The van der Waals surface area contributed by atoms with Gasteiger partial charge in [0.1, 0.15) is 0 Å². The minimum absolute atomic E-state index is 0.0646. The fraction of sp³-hybridized carbons (Fsp3) is 0.400. The quantitative estimate of drug-likeness (QED) is 0.666. The number of nitrogens with zero attached hydrogens (tertiary/aromatic N) is 5. The number of aromatic nitrogens is 4. The number of benzene rings is 1. The molecule has 0 aliphatic carbocycles. The van der Waals surface area contributed by atoms with Crippen molar-refractivity contribution in [2.75, 3.05) is 29.1 Å². The first-order chi connectivity index (χ1) is 13.6. The molecule has 0 spiro atoms. The molecular weight excluding hydrogens is 372 g/mol. The highest BCUT2D eigenvalue weighted by Gasteiger charge is 2.13. The molecule has 28 heavy (non-hydrogen) atoms. The summed E-state index contributed by atoms with van der Waals surface area (Å²) in [5.74, 6) is 0.765. The van der Waals surface area contributed by atoms with Gasteiger partial charge in [0.05, 0.1) is 5.75 Å². The van der Waals surface area contributed by atoms with Gasteiger partial charge in [-0.05, 0) is 63.4 Å². The van der Waals surface area contributed by atoms with E-state index >= 15 is 0 Å². The molecule has 146 valence electrons. The Morgan fingerprint density at radius 1 is 1.11 bits per heavy atom. The highest BCUT2D eigenvalue weighted by atomic mass is 32.2. The zero-order valence-corrected chi connectivity index (χ0v) is 17.0. The van der Waals surface area contributed by atoms with E-state index in [9.17, 15) is 4.79 Å². The first kappa shape index (κ1) is 18.7. The standard InChI is InChI=1S/C20H24N6OS/c1-14-12-15(2)26-19(21-14)23-24-20(26)28-13-18(27)22-16-6-8-17(9-7-16)25-10-4-3-5-11-25/h6-9,12H,3-5,10-11,13H2,1-2H3,(H,22,27). The van der Waals surface area contributed by atoms with Crippen molar-refractivity contribution in [3.8, 4) is 0 Å². The van der Waals surface area contributed by atoms with E-state index in [1.807, 2.05) is 36.4 Å². The van der Waals surface area contributed by atoms with Crippen LogP contribution in [-0.4, -0.2) is 44.3 Å². The fourth-order valence-electron chi connectivity index (χ4n) is 3.53. The van der Waals surface area contributed by atoms with Crippen molar-refractivity contribution in [3.63, 3.8) is 0 Å². The Kier molecular flexibility index (Phi) is 5.47. The normalized spacial score (nSPS) is 14.4. The number of anilines is 2. The molecule has 3 aromatic rings. The van der Waals surface area contributed by atoms with Crippen molar-refractivity contribution in [2.24, 2.45) is 0 Å². The van der Waals surface area contributed by atoms with E-state index in [0.717, 1.165) is 30.2 Å². The third-order valence-electron chi connectivity index (χ3n) is 4.87. The van der Waals surface area contributed by atoms with Gasteiger partial charge in [-0.3, -0.25) is 9.20 Å². The largest absolute Gasteiger partial charge is 0.372 e. The molecule has 7 nitrogen and oxygen atoms in total. The van der Waals surface area contributed by atoms with E-state index in [-0.39, 0.29) is 11.7 Å². The number of carbonyl (C=O) groups is 1. The van der Waals surface area contributed by atoms with Gasteiger partial charge in [-0.2, -0.15) is 0 Å². The predicted octanol–water partition coefficient (Wildman–Crippen LogP) is 3.46. The van der Waals surface area contributed by atoms with Gasteiger partial charge in [0.15, 0.2) is 5.16 Å². The van der Waals surface area contributed by atoms with Gasteiger partial charge in [0.2, 0.25) is 5.91 Å². The van der Waals surface area contributed by atoms with E-state index < -0.39 is 0 Å². The number of hydrogen-bond acceptors (Lipinski definition) is 6. The van der Waals surface area contributed by atoms with E-state index in [1.165, 1.54) is 36.7 Å². The second-order valence-corrected chi connectivity index (χ2v) is 8.03. The molecule has 0 bridgehead atoms. The van der Waals surface area contributed by atoms with E-state index in [1.54, 1.807) is 0 Å². The van der Waals surface area contributed by atoms with Gasteiger partial charge in [-0.15, -0.1) is 10.2 Å². The molecule has 0 unspecified atom stereocenters. The van der Waals surface area contributed by atoms with Gasteiger partial charge in [0.25, 0.3) is 5.78 Å². The van der Waals surface area contributed by atoms with Gasteiger partial charge in [0, 0.05) is 35.9 Å². The summed E-state index contributed by atoms with van der Waals surface area (Å²) in [7, 11) is 0. The molecule has 3 heterocycles. The number of thioether (sulfide) groups is 1. The second-order valence-electron chi connectivity index (χ2n) is 7.09. The molecule has 0 atom stereocenters. The molecule has 2 aromatic heterocycles. The number of carbonyl (C=O) groups excluding carboxylic acids is 1.